The Morgan fingerprint density at radius 1 is 1.33 bits per heavy atom. The van der Waals surface area contributed by atoms with E-state index in [0.717, 1.165) is 0 Å². The van der Waals surface area contributed by atoms with Crippen molar-refractivity contribution in [1.82, 2.24) is 0 Å². The van der Waals surface area contributed by atoms with Gasteiger partial charge < -0.3 is 0 Å². The van der Waals surface area contributed by atoms with Crippen LogP contribution in [-0.4, -0.2) is 83.2 Å². The van der Waals surface area contributed by atoms with Crippen molar-refractivity contribution in [2.24, 2.45) is 0 Å². The number of ether oxygens (including phenoxy) is 2. The van der Waals surface area contributed by atoms with Gasteiger partial charge in [0.05, 0.1) is 0 Å². The fraction of sp³-hybridized carbons (Fsp3) is 1.00. The zero-order chi connectivity index (χ0) is 16.4. The molecule has 1 heterocycles. The molecule has 0 aromatic carbocycles. The molecule has 1 aliphatic heterocycles. The number of aliphatic hydroxyl groups excluding tert-OH is 3. The van der Waals surface area contributed by atoms with E-state index in [4.69, 9.17) is 24.4 Å². The van der Waals surface area contributed by atoms with E-state index < -0.39 is 65.1 Å². The summed E-state index contributed by atoms with van der Waals surface area (Å²) in [5.41, 5.74) is 3.89. The first kappa shape index (κ1) is 19.5. The van der Waals surface area contributed by atoms with Gasteiger partial charge in [-0.15, -0.1) is 0 Å². The van der Waals surface area contributed by atoms with Crippen LogP contribution in [0.2, 0.25) is 16.6 Å². The van der Waals surface area contributed by atoms with E-state index in [9.17, 15) is 23.7 Å². The first-order chi connectivity index (χ1) is 9.39. The second kappa shape index (κ2) is 7.37. The molecular weight excluding hydrogens is 387 g/mol. The average Bonchev–Trinajstić information content (AvgIpc) is 2.50. The maximum atomic E-state index is 10.6. The second-order valence-corrected chi connectivity index (χ2v) is 19.5. The molecule has 21 heavy (non-hydrogen) atoms. The van der Waals surface area contributed by atoms with Crippen molar-refractivity contribution in [3.8, 4) is 0 Å². The Morgan fingerprint density at radius 3 is 2.38 bits per heavy atom. The van der Waals surface area contributed by atoms with Crippen LogP contribution in [0.1, 0.15) is 0 Å². The van der Waals surface area contributed by atoms with Gasteiger partial charge in [-0.05, 0) is 0 Å². The Hall–Kier alpha value is 0.488. The van der Waals surface area contributed by atoms with Crippen LogP contribution >= 0.6 is 10.4 Å². The minimum atomic E-state index is -4.32. The number of aliphatic hydroxyl groups is 3. The summed E-state index contributed by atoms with van der Waals surface area (Å²) in [5, 5.41) is 29.5. The van der Waals surface area contributed by atoms with Gasteiger partial charge >= 0.3 is 130 Å². The summed E-state index contributed by atoms with van der Waals surface area (Å²) >= 11 is -2.26. The van der Waals surface area contributed by atoms with Crippen molar-refractivity contribution < 1.29 is 37.8 Å². The monoisotopic (exact) mass is 408 g/mol. The Bertz CT molecular complexity index is 489. The number of rotatable bonds is 7. The van der Waals surface area contributed by atoms with E-state index >= 15 is 0 Å². The summed E-state index contributed by atoms with van der Waals surface area (Å²) < 4.78 is 40.2. The first-order valence-corrected chi connectivity index (χ1v) is 15.5. The van der Waals surface area contributed by atoms with Crippen LogP contribution in [0.15, 0.2) is 0 Å². The van der Waals surface area contributed by atoms with Crippen LogP contribution < -0.4 is 0 Å². The summed E-state index contributed by atoms with van der Waals surface area (Å²) in [6, 6.07) is 0. The topological polar surface area (TPSA) is 134 Å². The van der Waals surface area contributed by atoms with Gasteiger partial charge in [-0.25, -0.2) is 0 Å². The molecule has 1 fully saturated rings. The first-order valence-electron chi connectivity index (χ1n) is 6.19. The SMILES string of the molecule is C[As](C)(=S)C[C@H]1O[C@@H](OC[C@H](O)CS(=O)(=O)O)[C@H](O)[C@@H]1O. The number of hydrogen-bond donors (Lipinski definition) is 4. The quantitative estimate of drug-likeness (QED) is 0.312. The van der Waals surface area contributed by atoms with E-state index in [1.807, 2.05) is 11.4 Å². The normalized spacial score (nSPS) is 32.3. The Kier molecular flexibility index (Phi) is 6.86. The molecule has 0 aromatic heterocycles. The van der Waals surface area contributed by atoms with Gasteiger partial charge in [-0.2, -0.15) is 0 Å². The van der Waals surface area contributed by atoms with Crippen molar-refractivity contribution in [1.29, 1.82) is 0 Å². The molecule has 0 radical (unpaired) electrons. The standard InChI is InChI=1S/C10H21AsO8S2/c1-11(2,20)3-7-8(13)9(14)10(19-7)18-4-6(12)5-21(15,16)17/h6-10,12-14H,3-5H2,1-2H3,(H,15,16,17)/t6-,7+,8+,9+,10+/m0/s1. The fourth-order valence-electron chi connectivity index (χ4n) is 1.93. The predicted octanol–water partition coefficient (Wildman–Crippen LogP) is -0.899. The van der Waals surface area contributed by atoms with Crippen molar-refractivity contribution in [2.75, 3.05) is 12.4 Å². The molecule has 1 saturated heterocycles. The molecule has 1 rings (SSSR count). The van der Waals surface area contributed by atoms with E-state index in [-0.39, 0.29) is 0 Å². The third-order valence-electron chi connectivity index (χ3n) is 2.79. The van der Waals surface area contributed by atoms with E-state index in [1.54, 1.807) is 0 Å². The van der Waals surface area contributed by atoms with E-state index in [1.165, 1.54) is 0 Å². The van der Waals surface area contributed by atoms with Gasteiger partial charge in [-0.1, -0.05) is 0 Å². The zero-order valence-electron chi connectivity index (χ0n) is 11.7. The average molecular weight is 408 g/mol. The van der Waals surface area contributed by atoms with E-state index in [0.29, 0.717) is 5.21 Å². The Labute approximate surface area is 130 Å². The van der Waals surface area contributed by atoms with Crippen LogP contribution in [-0.2, 0) is 19.6 Å². The molecule has 0 aliphatic carbocycles. The third-order valence-corrected chi connectivity index (χ3v) is 6.97. The molecule has 11 heteroatoms. The van der Waals surface area contributed by atoms with Crippen LogP contribution in [0.25, 0.3) is 0 Å². The summed E-state index contributed by atoms with van der Waals surface area (Å²) in [4.78, 5) is 0. The van der Waals surface area contributed by atoms with Crippen LogP contribution in [0.4, 0.5) is 0 Å². The molecule has 0 saturated carbocycles. The van der Waals surface area contributed by atoms with Gasteiger partial charge in [0.25, 0.3) is 0 Å². The van der Waals surface area contributed by atoms with Crippen LogP contribution in [0.3, 0.4) is 0 Å². The van der Waals surface area contributed by atoms with E-state index in [2.05, 4.69) is 0 Å². The summed E-state index contributed by atoms with van der Waals surface area (Å²) in [6.07, 6.45) is -5.71. The molecule has 1 aliphatic rings. The van der Waals surface area contributed by atoms with Crippen molar-refractivity contribution in [3.63, 3.8) is 0 Å². The molecule has 0 spiro atoms. The molecule has 5 atom stereocenters. The molecular formula is C10H21AsO8S2. The zero-order valence-corrected chi connectivity index (χ0v) is 15.2. The predicted molar refractivity (Wildman–Crippen MR) is 78.9 cm³/mol. The molecule has 8 nitrogen and oxygen atoms in total. The van der Waals surface area contributed by atoms with Gasteiger partial charge in [0, 0.05) is 0 Å². The molecule has 0 aromatic rings. The van der Waals surface area contributed by atoms with Gasteiger partial charge in [0.1, 0.15) is 0 Å². The van der Waals surface area contributed by atoms with Crippen molar-refractivity contribution in [2.45, 2.75) is 47.3 Å². The van der Waals surface area contributed by atoms with Gasteiger partial charge in [0.15, 0.2) is 0 Å². The Balaban J connectivity index is 2.52. The second-order valence-electron chi connectivity index (χ2n) is 5.52. The molecule has 126 valence electrons. The molecule has 0 bridgehead atoms. The van der Waals surface area contributed by atoms with Crippen molar-refractivity contribution >= 4 is 32.4 Å². The maximum absolute atomic E-state index is 10.6. The van der Waals surface area contributed by atoms with Crippen LogP contribution in [0.5, 0.6) is 0 Å². The van der Waals surface area contributed by atoms with Gasteiger partial charge in [0.2, 0.25) is 0 Å². The van der Waals surface area contributed by atoms with Gasteiger partial charge in [-0.3, -0.25) is 0 Å². The minimum absolute atomic E-state index is 0.460. The fourth-order valence-corrected chi connectivity index (χ4v) is 5.73. The molecule has 4 N–H and O–H groups in total. The summed E-state index contributed by atoms with van der Waals surface area (Å²) in [5.74, 6) is -0.879. The number of hydrogen-bond acceptors (Lipinski definition) is 8. The molecule has 0 unspecified atom stereocenters. The molecule has 0 amide bonds. The van der Waals surface area contributed by atoms with Crippen LogP contribution in [0, 0.1) is 0 Å². The summed E-state index contributed by atoms with van der Waals surface area (Å²) in [6.45, 7) is -0.460. The summed E-state index contributed by atoms with van der Waals surface area (Å²) in [7, 11) is 1.02. The Morgan fingerprint density at radius 2 is 1.90 bits per heavy atom. The van der Waals surface area contributed by atoms with Crippen molar-refractivity contribution in [3.05, 3.63) is 0 Å². The third kappa shape index (κ3) is 7.06.